The number of amides is 1. The molecule has 0 saturated carbocycles. The van der Waals surface area contributed by atoms with Gasteiger partial charge in [0.2, 0.25) is 10.0 Å². The topological polar surface area (TPSA) is 111 Å². The molecule has 1 aromatic heterocycles. The Morgan fingerprint density at radius 2 is 1.74 bits per heavy atom. The minimum absolute atomic E-state index is 0.112. The summed E-state index contributed by atoms with van der Waals surface area (Å²) in [7, 11) is -3.49. The fraction of sp³-hybridized carbons (Fsp3) is 0.304. The fourth-order valence-electron chi connectivity index (χ4n) is 4.16. The van der Waals surface area contributed by atoms with Crippen molar-refractivity contribution in [2.45, 2.75) is 11.7 Å². The van der Waals surface area contributed by atoms with Crippen LogP contribution >= 0.6 is 0 Å². The number of piperazine rings is 1. The number of benzene rings is 2. The van der Waals surface area contributed by atoms with E-state index in [1.165, 1.54) is 15.3 Å². The molecule has 1 aliphatic carbocycles. The van der Waals surface area contributed by atoms with Crippen molar-refractivity contribution in [3.63, 3.8) is 0 Å². The molecule has 1 unspecified atom stereocenters. The average Bonchev–Trinajstić information content (AvgIpc) is 3.42. The number of sulfonamides is 1. The Balaban J connectivity index is 1.14. The predicted octanol–water partition coefficient (Wildman–Crippen LogP) is -0.451. The van der Waals surface area contributed by atoms with Gasteiger partial charge in [0, 0.05) is 26.2 Å². The maximum atomic E-state index is 13.2. The first-order valence-corrected chi connectivity index (χ1v) is 12.5. The molecule has 1 aliphatic heterocycles. The second kappa shape index (κ2) is 9.35. The Morgan fingerprint density at radius 1 is 1.00 bits per heavy atom. The molecular formula is C23H24N6O4S. The molecule has 1 amide bonds. The second-order valence-electron chi connectivity index (χ2n) is 8.14. The second-order valence-corrected chi connectivity index (χ2v) is 10.3. The number of nitrogens with zero attached hydrogens (tertiary/aromatic N) is 6. The lowest BCUT2D eigenvalue weighted by molar-refractivity contribution is -0.134. The maximum Gasteiger partial charge on any atom is 0.260 e. The molecule has 0 spiro atoms. The zero-order valence-corrected chi connectivity index (χ0v) is 19.2. The monoisotopic (exact) mass is 480 g/mol. The summed E-state index contributed by atoms with van der Waals surface area (Å²) in [6, 6.07) is 14.8. The number of carbonyl (C=O) groups excluding carboxylic acids is 1. The third-order valence-electron chi connectivity index (χ3n) is 6.08. The molecule has 10 nitrogen and oxygen atoms in total. The molecule has 176 valence electrons. The van der Waals surface area contributed by atoms with Crippen molar-refractivity contribution in [3.05, 3.63) is 65.3 Å². The van der Waals surface area contributed by atoms with Crippen molar-refractivity contribution < 1.29 is 17.9 Å². The van der Waals surface area contributed by atoms with Crippen LogP contribution in [0.5, 0.6) is 5.75 Å². The van der Waals surface area contributed by atoms with Crippen LogP contribution in [0, 0.1) is 0 Å². The van der Waals surface area contributed by atoms with E-state index < -0.39 is 15.3 Å². The molecule has 5 rings (SSSR count). The highest BCUT2D eigenvalue weighted by molar-refractivity contribution is 7.90. The van der Waals surface area contributed by atoms with E-state index in [0.717, 1.165) is 16.1 Å². The molecule has 1 atom stereocenters. The number of tetrazole rings is 1. The summed E-state index contributed by atoms with van der Waals surface area (Å²) < 4.78 is 35.0. The maximum absolute atomic E-state index is 13.2. The first kappa shape index (κ1) is 22.2. The van der Waals surface area contributed by atoms with Crippen molar-refractivity contribution in [3.8, 4) is 11.4 Å². The molecule has 34 heavy (non-hydrogen) atoms. The van der Waals surface area contributed by atoms with E-state index in [1.807, 2.05) is 36.4 Å². The summed E-state index contributed by atoms with van der Waals surface area (Å²) in [5, 5.41) is 12.4. The highest BCUT2D eigenvalue weighted by Crippen LogP contribution is 2.19. The molecule has 2 aromatic carbocycles. The van der Waals surface area contributed by atoms with Crippen molar-refractivity contribution in [1.29, 1.82) is 0 Å². The van der Waals surface area contributed by atoms with Gasteiger partial charge >= 0.3 is 0 Å². The third-order valence-corrected chi connectivity index (χ3v) is 8.26. The van der Waals surface area contributed by atoms with Crippen LogP contribution in [0.2, 0.25) is 0 Å². The highest BCUT2D eigenvalue weighted by Gasteiger charge is 2.34. The smallest absolute Gasteiger partial charge is 0.260 e. The number of rotatable bonds is 6. The van der Waals surface area contributed by atoms with E-state index in [2.05, 4.69) is 15.5 Å². The summed E-state index contributed by atoms with van der Waals surface area (Å²) in [5.74, 6) is 0.379. The number of aromatic nitrogens is 4. The predicted molar refractivity (Wildman–Crippen MR) is 125 cm³/mol. The number of ether oxygens (including phenoxy) is 1. The van der Waals surface area contributed by atoms with Gasteiger partial charge in [-0.25, -0.2) is 13.1 Å². The summed E-state index contributed by atoms with van der Waals surface area (Å²) in [6.45, 7) is 1.12. The number of carbonyl (C=O) groups is 1. The molecular weight excluding hydrogens is 456 g/mol. The zero-order chi connectivity index (χ0) is 23.5. The highest BCUT2D eigenvalue weighted by atomic mass is 32.2. The number of hydrogen-bond donors (Lipinski definition) is 0. The van der Waals surface area contributed by atoms with Crippen LogP contribution in [-0.2, 0) is 14.8 Å². The van der Waals surface area contributed by atoms with Gasteiger partial charge in [0.25, 0.3) is 5.91 Å². The third kappa shape index (κ3) is 4.57. The van der Waals surface area contributed by atoms with Crippen LogP contribution < -0.4 is 15.2 Å². The van der Waals surface area contributed by atoms with Crippen LogP contribution in [-0.4, -0.2) is 81.8 Å². The van der Waals surface area contributed by atoms with Crippen molar-refractivity contribution >= 4 is 28.1 Å². The van der Waals surface area contributed by atoms with Crippen LogP contribution in [0.1, 0.15) is 6.42 Å². The summed E-state index contributed by atoms with van der Waals surface area (Å²) in [4.78, 5) is 14.3. The number of fused-ring (bicyclic) bond motifs is 1. The molecule has 1 saturated heterocycles. The molecule has 0 N–H and O–H groups in total. The van der Waals surface area contributed by atoms with Gasteiger partial charge in [0.1, 0.15) is 12.1 Å². The minimum Gasteiger partial charge on any atom is -0.484 e. The van der Waals surface area contributed by atoms with Gasteiger partial charge in [-0.3, -0.25) is 4.79 Å². The summed E-state index contributed by atoms with van der Waals surface area (Å²) in [6.07, 6.45) is 5.76. The molecule has 2 heterocycles. The van der Waals surface area contributed by atoms with Crippen molar-refractivity contribution in [2.75, 3.05) is 32.8 Å². The van der Waals surface area contributed by atoms with Gasteiger partial charge in [0.15, 0.2) is 6.61 Å². The Kier molecular flexibility index (Phi) is 6.12. The van der Waals surface area contributed by atoms with E-state index in [-0.39, 0.29) is 25.6 Å². The molecule has 1 fully saturated rings. The Morgan fingerprint density at radius 3 is 2.44 bits per heavy atom. The van der Waals surface area contributed by atoms with E-state index in [0.29, 0.717) is 25.3 Å². The molecule has 0 radical (unpaired) electrons. The van der Waals surface area contributed by atoms with Crippen LogP contribution in [0.3, 0.4) is 0 Å². The molecule has 0 bridgehead atoms. The van der Waals surface area contributed by atoms with Crippen LogP contribution in [0.4, 0.5) is 0 Å². The first-order valence-electron chi connectivity index (χ1n) is 11.0. The SMILES string of the molecule is O=C(COc1ccc(-n2cnnn2)cc1)N1CCN(S(=O)(=O)C2C=c3ccccc3=CC2)CC1. The van der Waals surface area contributed by atoms with Gasteiger partial charge in [-0.15, -0.1) is 5.10 Å². The zero-order valence-electron chi connectivity index (χ0n) is 18.4. The lowest BCUT2D eigenvalue weighted by Gasteiger charge is -2.35. The standard InChI is InChI=1S/C23H24N6O4S/c30-23(16-33-21-8-6-20(7-9-21)29-17-24-25-26-29)27-11-13-28(14-12-27)34(31,32)22-10-5-18-3-1-2-4-19(18)15-22/h1-9,15,17,22H,10-14,16H2. The lowest BCUT2D eigenvalue weighted by atomic mass is 10.1. The first-order chi connectivity index (χ1) is 16.5. The molecule has 2 aliphatic rings. The Hall–Kier alpha value is -3.57. The van der Waals surface area contributed by atoms with E-state index >= 15 is 0 Å². The van der Waals surface area contributed by atoms with Gasteiger partial charge in [-0.05, 0) is 51.6 Å². The summed E-state index contributed by atoms with van der Waals surface area (Å²) >= 11 is 0. The van der Waals surface area contributed by atoms with Gasteiger partial charge < -0.3 is 9.64 Å². The van der Waals surface area contributed by atoms with Gasteiger partial charge in [-0.2, -0.15) is 4.31 Å². The fourth-order valence-corrected chi connectivity index (χ4v) is 5.88. The van der Waals surface area contributed by atoms with Crippen molar-refractivity contribution in [1.82, 2.24) is 29.4 Å². The normalized spacial score (nSPS) is 18.5. The Labute approximate surface area is 196 Å². The summed E-state index contributed by atoms with van der Waals surface area (Å²) in [5.41, 5.74) is 0.775. The Bertz CT molecular complexity index is 1380. The largest absolute Gasteiger partial charge is 0.484 e. The lowest BCUT2D eigenvalue weighted by Crippen LogP contribution is -2.53. The minimum atomic E-state index is -3.49. The van der Waals surface area contributed by atoms with Crippen LogP contribution in [0.25, 0.3) is 17.8 Å². The average molecular weight is 481 g/mol. The molecule has 11 heteroatoms. The van der Waals surface area contributed by atoms with Crippen LogP contribution in [0.15, 0.2) is 54.9 Å². The van der Waals surface area contributed by atoms with Gasteiger partial charge in [-0.1, -0.05) is 36.4 Å². The number of hydrogen-bond acceptors (Lipinski definition) is 7. The van der Waals surface area contributed by atoms with E-state index in [4.69, 9.17) is 4.74 Å². The molecule has 3 aromatic rings. The van der Waals surface area contributed by atoms with Crippen molar-refractivity contribution in [2.24, 2.45) is 0 Å². The van der Waals surface area contributed by atoms with E-state index in [9.17, 15) is 13.2 Å². The quantitative estimate of drug-likeness (QED) is 0.470. The van der Waals surface area contributed by atoms with Gasteiger partial charge in [0.05, 0.1) is 10.9 Å². The van der Waals surface area contributed by atoms with E-state index in [1.54, 1.807) is 29.2 Å².